The van der Waals surface area contributed by atoms with Gasteiger partial charge in [0.15, 0.2) is 5.78 Å². The third-order valence-corrected chi connectivity index (χ3v) is 3.37. The highest BCUT2D eigenvalue weighted by Gasteiger charge is 2.14. The topological polar surface area (TPSA) is 46.2 Å². The van der Waals surface area contributed by atoms with Gasteiger partial charge in [0.05, 0.1) is 5.57 Å². The summed E-state index contributed by atoms with van der Waals surface area (Å²) in [6.45, 7) is 3.34. The zero-order valence-electron chi connectivity index (χ0n) is 12.4. The molecule has 0 bridgehead atoms. The Balaban J connectivity index is 2.23. The number of rotatable bonds is 4. The number of halogens is 1. The SMILES string of the molecule is CC(=O)C(=Cc1ccc(Cl)cc1)C(=O)Nc1ccc(C)cc1. The molecule has 0 fully saturated rings. The molecule has 0 aliphatic heterocycles. The first kappa shape index (κ1) is 16.0. The predicted octanol–water partition coefficient (Wildman–Crippen LogP) is 4.26. The molecule has 2 aromatic rings. The van der Waals surface area contributed by atoms with Gasteiger partial charge >= 0.3 is 0 Å². The molecule has 0 saturated heterocycles. The normalized spacial score (nSPS) is 11.1. The highest BCUT2D eigenvalue weighted by molar-refractivity contribution is 6.30. The Bertz CT molecular complexity index is 716. The van der Waals surface area contributed by atoms with Gasteiger partial charge in [-0.1, -0.05) is 41.4 Å². The highest BCUT2D eigenvalue weighted by Crippen LogP contribution is 2.15. The maximum absolute atomic E-state index is 12.3. The van der Waals surface area contributed by atoms with E-state index in [1.807, 2.05) is 19.1 Å². The van der Waals surface area contributed by atoms with E-state index in [2.05, 4.69) is 5.32 Å². The maximum Gasteiger partial charge on any atom is 0.259 e. The van der Waals surface area contributed by atoms with Gasteiger partial charge in [0, 0.05) is 10.7 Å². The lowest BCUT2D eigenvalue weighted by molar-refractivity contribution is -0.118. The summed E-state index contributed by atoms with van der Waals surface area (Å²) in [7, 11) is 0. The number of hydrogen-bond donors (Lipinski definition) is 1. The summed E-state index contributed by atoms with van der Waals surface area (Å²) < 4.78 is 0. The molecule has 0 aliphatic rings. The summed E-state index contributed by atoms with van der Waals surface area (Å²) in [5.74, 6) is -0.717. The molecule has 2 rings (SSSR count). The minimum atomic E-state index is -0.425. The molecule has 0 unspecified atom stereocenters. The summed E-state index contributed by atoms with van der Waals surface area (Å²) in [6.07, 6.45) is 1.56. The lowest BCUT2D eigenvalue weighted by atomic mass is 10.1. The first-order valence-electron chi connectivity index (χ1n) is 6.82. The molecule has 1 N–H and O–H groups in total. The van der Waals surface area contributed by atoms with Crippen LogP contribution >= 0.6 is 11.6 Å². The number of aryl methyl sites for hydroxylation is 1. The van der Waals surface area contributed by atoms with E-state index in [4.69, 9.17) is 11.6 Å². The van der Waals surface area contributed by atoms with Gasteiger partial charge < -0.3 is 5.32 Å². The van der Waals surface area contributed by atoms with Crippen LogP contribution in [0.1, 0.15) is 18.1 Å². The van der Waals surface area contributed by atoms with E-state index < -0.39 is 5.91 Å². The van der Waals surface area contributed by atoms with E-state index in [0.717, 1.165) is 11.1 Å². The molecule has 1 amide bonds. The molecule has 112 valence electrons. The number of nitrogens with one attached hydrogen (secondary N) is 1. The molecule has 2 aromatic carbocycles. The van der Waals surface area contributed by atoms with Crippen LogP contribution in [0.3, 0.4) is 0 Å². The van der Waals surface area contributed by atoms with Crippen LogP contribution in [0, 0.1) is 6.92 Å². The van der Waals surface area contributed by atoms with Crippen molar-refractivity contribution in [2.45, 2.75) is 13.8 Å². The average Bonchev–Trinajstić information content (AvgIpc) is 2.48. The second kappa shape index (κ2) is 7.05. The molecule has 3 nitrogen and oxygen atoms in total. The van der Waals surface area contributed by atoms with Crippen molar-refractivity contribution in [2.24, 2.45) is 0 Å². The monoisotopic (exact) mass is 313 g/mol. The standard InChI is InChI=1S/C18H16ClNO2/c1-12-3-9-16(10-4-12)20-18(22)17(13(2)21)11-14-5-7-15(19)8-6-14/h3-11H,1-2H3,(H,20,22). The zero-order chi connectivity index (χ0) is 16.1. The summed E-state index contributed by atoms with van der Waals surface area (Å²) in [6, 6.07) is 14.3. The van der Waals surface area contributed by atoms with Crippen molar-refractivity contribution in [3.63, 3.8) is 0 Å². The van der Waals surface area contributed by atoms with Crippen molar-refractivity contribution in [1.29, 1.82) is 0 Å². The number of Topliss-reactive ketones (excluding diaryl/α,β-unsaturated/α-hetero) is 1. The second-order valence-corrected chi connectivity index (χ2v) is 5.42. The first-order chi connectivity index (χ1) is 10.5. The fourth-order valence-electron chi connectivity index (χ4n) is 1.89. The van der Waals surface area contributed by atoms with Gasteiger partial charge in [-0.05, 0) is 49.8 Å². The van der Waals surface area contributed by atoms with Gasteiger partial charge in [0.2, 0.25) is 0 Å². The van der Waals surface area contributed by atoms with Gasteiger partial charge in [-0.3, -0.25) is 9.59 Å². The van der Waals surface area contributed by atoms with Gasteiger partial charge in [0.25, 0.3) is 5.91 Å². The Kier molecular flexibility index (Phi) is 5.12. The molecule has 0 aromatic heterocycles. The van der Waals surface area contributed by atoms with Crippen LogP contribution < -0.4 is 5.32 Å². The molecule has 0 spiro atoms. The van der Waals surface area contributed by atoms with E-state index >= 15 is 0 Å². The number of anilines is 1. The van der Waals surface area contributed by atoms with Crippen molar-refractivity contribution in [3.8, 4) is 0 Å². The number of amides is 1. The van der Waals surface area contributed by atoms with Crippen LogP contribution in [0.25, 0.3) is 6.08 Å². The van der Waals surface area contributed by atoms with Crippen molar-refractivity contribution in [1.82, 2.24) is 0 Å². The van der Waals surface area contributed by atoms with Crippen LogP contribution in [0.15, 0.2) is 54.1 Å². The number of benzene rings is 2. The molecule has 0 atom stereocenters. The zero-order valence-corrected chi connectivity index (χ0v) is 13.1. The Labute approximate surface area is 134 Å². The molecule has 0 aliphatic carbocycles. The van der Waals surface area contributed by atoms with Gasteiger partial charge in [-0.2, -0.15) is 0 Å². The van der Waals surface area contributed by atoms with Crippen LogP contribution in [-0.2, 0) is 9.59 Å². The quantitative estimate of drug-likeness (QED) is 0.521. The van der Waals surface area contributed by atoms with E-state index in [1.165, 1.54) is 6.92 Å². The van der Waals surface area contributed by atoms with Gasteiger partial charge in [0.1, 0.15) is 0 Å². The highest BCUT2D eigenvalue weighted by atomic mass is 35.5. The van der Waals surface area contributed by atoms with Crippen LogP contribution in [0.5, 0.6) is 0 Å². The summed E-state index contributed by atoms with van der Waals surface area (Å²) >= 11 is 5.83. The molecule has 0 saturated carbocycles. The summed E-state index contributed by atoms with van der Waals surface area (Å²) in [5, 5.41) is 3.33. The van der Waals surface area contributed by atoms with Crippen molar-refractivity contribution < 1.29 is 9.59 Å². The van der Waals surface area contributed by atoms with E-state index in [1.54, 1.807) is 42.5 Å². The first-order valence-corrected chi connectivity index (χ1v) is 7.20. The van der Waals surface area contributed by atoms with Crippen molar-refractivity contribution in [3.05, 3.63) is 70.3 Å². The smallest absolute Gasteiger partial charge is 0.259 e. The third kappa shape index (κ3) is 4.30. The van der Waals surface area contributed by atoms with Crippen molar-refractivity contribution >= 4 is 35.1 Å². The molecule has 0 heterocycles. The minimum Gasteiger partial charge on any atom is -0.322 e. The molecular weight excluding hydrogens is 298 g/mol. The minimum absolute atomic E-state index is 0.0999. The van der Waals surface area contributed by atoms with E-state index in [-0.39, 0.29) is 11.4 Å². The summed E-state index contributed by atoms with van der Waals surface area (Å²) in [4.78, 5) is 24.0. The average molecular weight is 314 g/mol. The lowest BCUT2D eigenvalue weighted by Gasteiger charge is -2.07. The Hall–Kier alpha value is -2.39. The molecule has 4 heteroatoms. The predicted molar refractivity (Wildman–Crippen MR) is 89.9 cm³/mol. The van der Waals surface area contributed by atoms with Crippen LogP contribution in [-0.4, -0.2) is 11.7 Å². The van der Waals surface area contributed by atoms with Crippen LogP contribution in [0.4, 0.5) is 5.69 Å². The number of hydrogen-bond acceptors (Lipinski definition) is 2. The van der Waals surface area contributed by atoms with E-state index in [9.17, 15) is 9.59 Å². The maximum atomic E-state index is 12.3. The van der Waals surface area contributed by atoms with Gasteiger partial charge in [-0.25, -0.2) is 0 Å². The molecule has 22 heavy (non-hydrogen) atoms. The van der Waals surface area contributed by atoms with Gasteiger partial charge in [-0.15, -0.1) is 0 Å². The van der Waals surface area contributed by atoms with E-state index in [0.29, 0.717) is 10.7 Å². The Morgan fingerprint density at radius 1 is 1.00 bits per heavy atom. The lowest BCUT2D eigenvalue weighted by Crippen LogP contribution is -2.18. The number of carbonyl (C=O) groups excluding carboxylic acids is 2. The number of ketones is 1. The fourth-order valence-corrected chi connectivity index (χ4v) is 2.01. The van der Waals surface area contributed by atoms with Crippen molar-refractivity contribution in [2.75, 3.05) is 5.32 Å². The molecular formula is C18H16ClNO2. The Morgan fingerprint density at radius 2 is 1.59 bits per heavy atom. The second-order valence-electron chi connectivity index (χ2n) is 4.99. The summed E-state index contributed by atoms with van der Waals surface area (Å²) in [5.41, 5.74) is 2.59. The molecule has 0 radical (unpaired) electrons. The number of carbonyl (C=O) groups is 2. The third-order valence-electron chi connectivity index (χ3n) is 3.11. The van der Waals surface area contributed by atoms with Crippen LogP contribution in [0.2, 0.25) is 5.02 Å². The largest absolute Gasteiger partial charge is 0.322 e. The fraction of sp³-hybridized carbons (Fsp3) is 0.111. The Morgan fingerprint density at radius 3 is 2.14 bits per heavy atom.